The van der Waals surface area contributed by atoms with E-state index in [0.717, 1.165) is 0 Å². The van der Waals surface area contributed by atoms with Gasteiger partial charge in [-0.1, -0.05) is 46.3 Å². The summed E-state index contributed by atoms with van der Waals surface area (Å²) in [6.45, 7) is 2.13. The normalized spacial score (nSPS) is 10.5. The van der Waals surface area contributed by atoms with Crippen LogP contribution in [0, 0.1) is 6.92 Å². The zero-order valence-corrected chi connectivity index (χ0v) is 8.43. The molecule has 0 saturated carbocycles. The molecule has 0 aliphatic rings. The summed E-state index contributed by atoms with van der Waals surface area (Å²) in [4.78, 5) is 0. The molecule has 12 heavy (non-hydrogen) atoms. The molecule has 2 rings (SSSR count). The third kappa shape index (κ3) is 1.14. The minimum Gasteiger partial charge on any atom is -0.0616 e. The fraction of sp³-hybridized carbons (Fsp3) is 0.0909. The van der Waals surface area contributed by atoms with Crippen LogP contribution in [0.4, 0.5) is 0 Å². The molecule has 0 fully saturated rings. The number of aryl methyl sites for hydroxylation is 1. The second-order valence-electron chi connectivity index (χ2n) is 2.89. The zero-order chi connectivity index (χ0) is 8.55. The summed E-state index contributed by atoms with van der Waals surface area (Å²) in [5.41, 5.74) is 1.31. The van der Waals surface area contributed by atoms with Crippen molar-refractivity contribution in [3.63, 3.8) is 0 Å². The fourth-order valence-corrected chi connectivity index (χ4v) is 1.75. The average Bonchev–Trinajstić information content (AvgIpc) is 2.12. The second kappa shape index (κ2) is 2.91. The molecule has 0 radical (unpaired) electrons. The van der Waals surface area contributed by atoms with Crippen LogP contribution in [0.1, 0.15) is 5.56 Å². The minimum absolute atomic E-state index is 1.18. The highest BCUT2D eigenvalue weighted by Crippen LogP contribution is 2.24. The van der Waals surface area contributed by atoms with Gasteiger partial charge in [-0.25, -0.2) is 0 Å². The van der Waals surface area contributed by atoms with Crippen molar-refractivity contribution in [2.75, 3.05) is 0 Å². The van der Waals surface area contributed by atoms with Crippen LogP contribution in [0.15, 0.2) is 40.9 Å². The van der Waals surface area contributed by atoms with Crippen molar-refractivity contribution in [2.24, 2.45) is 0 Å². The lowest BCUT2D eigenvalue weighted by Crippen LogP contribution is -1.78. The summed E-state index contributed by atoms with van der Waals surface area (Å²) in [5, 5.41) is 2.63. The summed E-state index contributed by atoms with van der Waals surface area (Å²) < 4.78 is 1.18. The Kier molecular flexibility index (Phi) is 1.89. The van der Waals surface area contributed by atoms with Gasteiger partial charge in [0.25, 0.3) is 0 Å². The van der Waals surface area contributed by atoms with E-state index in [1.807, 2.05) is 0 Å². The Bertz CT molecular complexity index is 418. The molecule has 0 heterocycles. The first-order chi connectivity index (χ1) is 5.79. The predicted octanol–water partition coefficient (Wildman–Crippen LogP) is 3.91. The van der Waals surface area contributed by atoms with Gasteiger partial charge in [-0.05, 0) is 29.3 Å². The van der Waals surface area contributed by atoms with Crippen molar-refractivity contribution in [3.05, 3.63) is 46.4 Å². The first-order valence-corrected chi connectivity index (χ1v) is 4.72. The van der Waals surface area contributed by atoms with Gasteiger partial charge in [0, 0.05) is 4.47 Å². The van der Waals surface area contributed by atoms with Crippen molar-refractivity contribution in [2.45, 2.75) is 6.92 Å². The number of hydrogen-bond acceptors (Lipinski definition) is 0. The second-order valence-corrected chi connectivity index (χ2v) is 3.75. The molecule has 0 atom stereocenters. The quantitative estimate of drug-likeness (QED) is 0.632. The number of benzene rings is 2. The molecule has 0 amide bonds. The molecule has 0 unspecified atom stereocenters. The van der Waals surface area contributed by atoms with E-state index in [1.54, 1.807) is 0 Å². The standard InChI is InChI=1S/C11H9Br/c1-8-10-5-3-2-4-9(10)6-7-11(8)12/h2-7H,1H3. The van der Waals surface area contributed by atoms with Gasteiger partial charge in [0.1, 0.15) is 0 Å². The summed E-state index contributed by atoms with van der Waals surface area (Å²) >= 11 is 3.52. The average molecular weight is 221 g/mol. The van der Waals surface area contributed by atoms with Gasteiger partial charge in [0.2, 0.25) is 0 Å². The lowest BCUT2D eigenvalue weighted by molar-refractivity contribution is 1.49. The number of halogens is 1. The maximum atomic E-state index is 3.52. The molecule has 2 aromatic carbocycles. The summed E-state index contributed by atoms with van der Waals surface area (Å²) in [5.74, 6) is 0. The molecule has 0 aliphatic carbocycles. The summed E-state index contributed by atoms with van der Waals surface area (Å²) in [6.07, 6.45) is 0. The Hall–Kier alpha value is -0.820. The number of rotatable bonds is 0. The Morgan fingerprint density at radius 3 is 2.58 bits per heavy atom. The molecule has 0 nitrogen and oxygen atoms in total. The topological polar surface area (TPSA) is 0 Å². The smallest absolute Gasteiger partial charge is 0.0210 e. The third-order valence-electron chi connectivity index (χ3n) is 2.13. The summed E-state index contributed by atoms with van der Waals surface area (Å²) in [7, 11) is 0. The van der Waals surface area contributed by atoms with Gasteiger partial charge in [-0.15, -0.1) is 0 Å². The first-order valence-electron chi connectivity index (χ1n) is 3.93. The maximum Gasteiger partial charge on any atom is 0.0210 e. The van der Waals surface area contributed by atoms with Crippen LogP contribution >= 0.6 is 15.9 Å². The van der Waals surface area contributed by atoms with E-state index >= 15 is 0 Å². The predicted molar refractivity (Wildman–Crippen MR) is 56.4 cm³/mol. The van der Waals surface area contributed by atoms with E-state index in [-0.39, 0.29) is 0 Å². The van der Waals surface area contributed by atoms with Crippen molar-refractivity contribution >= 4 is 26.7 Å². The van der Waals surface area contributed by atoms with Crippen LogP contribution in [0.25, 0.3) is 10.8 Å². The molecule has 0 N–H and O–H groups in total. The van der Waals surface area contributed by atoms with Crippen molar-refractivity contribution in [3.8, 4) is 0 Å². The lowest BCUT2D eigenvalue weighted by Gasteiger charge is -2.02. The van der Waals surface area contributed by atoms with Gasteiger partial charge in [0.15, 0.2) is 0 Å². The monoisotopic (exact) mass is 220 g/mol. The van der Waals surface area contributed by atoms with E-state index in [2.05, 4.69) is 59.3 Å². The van der Waals surface area contributed by atoms with E-state index < -0.39 is 0 Å². The Balaban J connectivity index is 2.91. The molecule has 1 heteroatoms. The maximum absolute atomic E-state index is 3.52. The highest BCUT2D eigenvalue weighted by atomic mass is 79.9. The fourth-order valence-electron chi connectivity index (χ4n) is 1.40. The molecule has 0 bridgehead atoms. The van der Waals surface area contributed by atoms with E-state index in [9.17, 15) is 0 Å². The van der Waals surface area contributed by atoms with Crippen LogP contribution in [0.5, 0.6) is 0 Å². The van der Waals surface area contributed by atoms with E-state index in [1.165, 1.54) is 20.8 Å². The number of fused-ring (bicyclic) bond motifs is 1. The van der Waals surface area contributed by atoms with Crippen LogP contribution < -0.4 is 0 Å². The zero-order valence-electron chi connectivity index (χ0n) is 6.84. The lowest BCUT2D eigenvalue weighted by atomic mass is 10.1. The molecule has 0 spiro atoms. The van der Waals surface area contributed by atoms with Crippen molar-refractivity contribution in [1.82, 2.24) is 0 Å². The van der Waals surface area contributed by atoms with E-state index in [4.69, 9.17) is 0 Å². The largest absolute Gasteiger partial charge is 0.0616 e. The SMILES string of the molecule is Cc1c(Br)ccc2ccccc12. The third-order valence-corrected chi connectivity index (χ3v) is 2.99. The summed E-state index contributed by atoms with van der Waals surface area (Å²) in [6, 6.07) is 12.6. The first kappa shape index (κ1) is 7.81. The van der Waals surface area contributed by atoms with Gasteiger partial charge >= 0.3 is 0 Å². The van der Waals surface area contributed by atoms with Crippen LogP contribution in [-0.4, -0.2) is 0 Å². The molecular formula is C11H9Br. The molecule has 2 aromatic rings. The van der Waals surface area contributed by atoms with Gasteiger partial charge in [-0.2, -0.15) is 0 Å². The Morgan fingerprint density at radius 2 is 1.75 bits per heavy atom. The van der Waals surface area contributed by atoms with Gasteiger partial charge in [0.05, 0.1) is 0 Å². The Morgan fingerprint density at radius 1 is 1.00 bits per heavy atom. The van der Waals surface area contributed by atoms with Crippen LogP contribution in [-0.2, 0) is 0 Å². The molecular weight excluding hydrogens is 212 g/mol. The Labute approximate surface area is 80.3 Å². The van der Waals surface area contributed by atoms with Crippen LogP contribution in [0.3, 0.4) is 0 Å². The molecule has 0 aromatic heterocycles. The van der Waals surface area contributed by atoms with Crippen LogP contribution in [0.2, 0.25) is 0 Å². The van der Waals surface area contributed by atoms with Gasteiger partial charge in [-0.3, -0.25) is 0 Å². The van der Waals surface area contributed by atoms with Crippen molar-refractivity contribution < 1.29 is 0 Å². The molecule has 60 valence electrons. The molecule has 0 saturated heterocycles. The van der Waals surface area contributed by atoms with Gasteiger partial charge < -0.3 is 0 Å². The molecule has 0 aliphatic heterocycles. The van der Waals surface area contributed by atoms with E-state index in [0.29, 0.717) is 0 Å². The van der Waals surface area contributed by atoms with Crippen molar-refractivity contribution in [1.29, 1.82) is 0 Å². The number of hydrogen-bond donors (Lipinski definition) is 0. The highest BCUT2D eigenvalue weighted by molar-refractivity contribution is 9.10. The minimum atomic E-state index is 1.18. The highest BCUT2D eigenvalue weighted by Gasteiger charge is 1.98.